The van der Waals surface area contributed by atoms with Crippen molar-refractivity contribution in [2.45, 2.75) is 32.4 Å². The maximum Gasteiger partial charge on any atom is 0.225 e. The van der Waals surface area contributed by atoms with E-state index in [1.165, 1.54) is 5.56 Å². The van der Waals surface area contributed by atoms with Gasteiger partial charge >= 0.3 is 0 Å². The van der Waals surface area contributed by atoms with Gasteiger partial charge in [-0.1, -0.05) is 37.3 Å². The van der Waals surface area contributed by atoms with Crippen molar-refractivity contribution < 1.29 is 0 Å². The van der Waals surface area contributed by atoms with E-state index in [0.29, 0.717) is 5.95 Å². The molecule has 3 aromatic rings. The van der Waals surface area contributed by atoms with E-state index in [9.17, 15) is 0 Å². The molecule has 7 nitrogen and oxygen atoms in total. The highest BCUT2D eigenvalue weighted by Crippen LogP contribution is 2.32. The Balaban J connectivity index is 1.63. The number of nitrogens with zero attached hydrogens (tertiary/aromatic N) is 5. The summed E-state index contributed by atoms with van der Waals surface area (Å²) >= 11 is 0. The van der Waals surface area contributed by atoms with Crippen LogP contribution in [0, 0.1) is 0 Å². The van der Waals surface area contributed by atoms with E-state index in [1.54, 1.807) is 12.5 Å². The van der Waals surface area contributed by atoms with Gasteiger partial charge in [-0.05, 0) is 18.9 Å². The number of fused-ring (bicyclic) bond motifs is 3. The second kappa shape index (κ2) is 5.92. The highest BCUT2D eigenvalue weighted by atomic mass is 15.3. The third kappa shape index (κ3) is 2.47. The summed E-state index contributed by atoms with van der Waals surface area (Å²) in [6, 6.07) is 10.5. The van der Waals surface area contributed by atoms with Gasteiger partial charge in [0.2, 0.25) is 5.95 Å². The second-order valence-electron chi connectivity index (χ2n) is 5.87. The first-order valence-electron chi connectivity index (χ1n) is 8.11. The van der Waals surface area contributed by atoms with E-state index < -0.39 is 0 Å². The molecule has 3 heterocycles. The molecule has 2 aromatic heterocycles. The van der Waals surface area contributed by atoms with Gasteiger partial charge in [-0.15, -0.1) is 10.2 Å². The first-order chi connectivity index (χ1) is 11.8. The van der Waals surface area contributed by atoms with Crippen molar-refractivity contribution in [3.63, 3.8) is 0 Å². The summed E-state index contributed by atoms with van der Waals surface area (Å²) in [5, 5.41) is 15.0. The Morgan fingerprint density at radius 3 is 2.92 bits per heavy atom. The lowest BCUT2D eigenvalue weighted by Gasteiger charge is -2.25. The third-order valence-electron chi connectivity index (χ3n) is 4.28. The number of rotatable bonds is 4. The molecule has 1 aliphatic heterocycles. The molecule has 0 bridgehead atoms. The van der Waals surface area contributed by atoms with Crippen LogP contribution in [0.5, 0.6) is 0 Å². The van der Waals surface area contributed by atoms with Crippen molar-refractivity contribution >= 4 is 11.8 Å². The number of nitrogens with one attached hydrogen (secondary N) is 2. The van der Waals surface area contributed by atoms with Crippen LogP contribution in [-0.2, 0) is 0 Å². The van der Waals surface area contributed by atoms with E-state index in [-0.39, 0.29) is 12.1 Å². The third-order valence-corrected chi connectivity index (χ3v) is 4.28. The standard InChI is InChI=1S/C17H19N7/c1-3-13-16-23-19-10-24(16)14-9-18-17(22-15(14)21-13)20-11(2)12-7-5-4-6-8-12/h4-11,13H,3H2,1-2H3,(H2,18,20,21,22). The molecule has 0 saturated heterocycles. The second-order valence-corrected chi connectivity index (χ2v) is 5.87. The number of aromatic nitrogens is 5. The summed E-state index contributed by atoms with van der Waals surface area (Å²) in [4.78, 5) is 9.09. The van der Waals surface area contributed by atoms with Gasteiger partial charge < -0.3 is 10.6 Å². The van der Waals surface area contributed by atoms with Crippen LogP contribution in [0.3, 0.4) is 0 Å². The van der Waals surface area contributed by atoms with Gasteiger partial charge in [0.05, 0.1) is 18.3 Å². The van der Waals surface area contributed by atoms with Crippen molar-refractivity contribution in [1.82, 2.24) is 24.7 Å². The SMILES string of the molecule is CCC1Nc2nc(NC(C)c3ccccc3)ncc2-n2cnnc21. The summed E-state index contributed by atoms with van der Waals surface area (Å²) in [5.74, 6) is 2.29. The first-order valence-corrected chi connectivity index (χ1v) is 8.11. The maximum atomic E-state index is 4.65. The Hall–Kier alpha value is -2.96. The average molecular weight is 321 g/mol. The summed E-state index contributed by atoms with van der Waals surface area (Å²) in [6.45, 7) is 4.21. The minimum atomic E-state index is 0.106. The van der Waals surface area contributed by atoms with Crippen molar-refractivity contribution in [2.75, 3.05) is 10.6 Å². The molecule has 0 saturated carbocycles. The number of hydrogen-bond acceptors (Lipinski definition) is 6. The Labute approximate surface area is 140 Å². The van der Waals surface area contributed by atoms with Gasteiger partial charge in [-0.2, -0.15) is 4.98 Å². The molecular weight excluding hydrogens is 302 g/mol. The van der Waals surface area contributed by atoms with Gasteiger partial charge in [0.15, 0.2) is 11.6 Å². The van der Waals surface area contributed by atoms with Crippen LogP contribution in [0.1, 0.15) is 43.7 Å². The zero-order valence-corrected chi connectivity index (χ0v) is 13.6. The van der Waals surface area contributed by atoms with E-state index in [1.807, 2.05) is 22.8 Å². The van der Waals surface area contributed by atoms with Crippen molar-refractivity contribution in [3.05, 3.63) is 54.2 Å². The summed E-state index contributed by atoms with van der Waals surface area (Å²) < 4.78 is 1.95. The lowest BCUT2D eigenvalue weighted by molar-refractivity contribution is 0.651. The summed E-state index contributed by atoms with van der Waals surface area (Å²) in [6.07, 6.45) is 4.42. The zero-order chi connectivity index (χ0) is 16.5. The molecule has 0 fully saturated rings. The van der Waals surface area contributed by atoms with Gasteiger partial charge in [0.1, 0.15) is 12.0 Å². The van der Waals surface area contributed by atoms with Crippen LogP contribution in [0.2, 0.25) is 0 Å². The molecule has 1 aliphatic rings. The van der Waals surface area contributed by atoms with Crippen molar-refractivity contribution in [1.29, 1.82) is 0 Å². The number of benzene rings is 1. The van der Waals surface area contributed by atoms with Crippen LogP contribution < -0.4 is 10.6 Å². The molecule has 24 heavy (non-hydrogen) atoms. The highest BCUT2D eigenvalue weighted by molar-refractivity contribution is 5.60. The predicted octanol–water partition coefficient (Wildman–Crippen LogP) is 3.11. The quantitative estimate of drug-likeness (QED) is 0.768. The molecule has 122 valence electrons. The molecule has 2 atom stereocenters. The summed E-state index contributed by atoms with van der Waals surface area (Å²) in [7, 11) is 0. The molecule has 0 aliphatic carbocycles. The Bertz CT molecular complexity index is 843. The molecular formula is C17H19N7. The molecule has 2 N–H and O–H groups in total. The molecule has 1 aromatic carbocycles. The Morgan fingerprint density at radius 1 is 1.29 bits per heavy atom. The lowest BCUT2D eigenvalue weighted by atomic mass is 10.1. The Morgan fingerprint density at radius 2 is 2.12 bits per heavy atom. The van der Waals surface area contributed by atoms with Gasteiger partial charge in [-0.25, -0.2) is 4.98 Å². The van der Waals surface area contributed by atoms with E-state index >= 15 is 0 Å². The summed E-state index contributed by atoms with van der Waals surface area (Å²) in [5.41, 5.74) is 2.07. The normalized spacial score (nSPS) is 16.7. The molecule has 2 unspecified atom stereocenters. The van der Waals surface area contributed by atoms with Gasteiger partial charge in [0, 0.05) is 0 Å². The maximum absolute atomic E-state index is 4.65. The molecule has 0 radical (unpaired) electrons. The minimum absolute atomic E-state index is 0.106. The first kappa shape index (κ1) is 14.6. The smallest absolute Gasteiger partial charge is 0.225 e. The highest BCUT2D eigenvalue weighted by Gasteiger charge is 2.26. The van der Waals surface area contributed by atoms with Crippen molar-refractivity contribution in [2.24, 2.45) is 0 Å². The minimum Gasteiger partial charge on any atom is -0.358 e. The fourth-order valence-corrected chi connectivity index (χ4v) is 2.93. The van der Waals surface area contributed by atoms with Crippen molar-refractivity contribution in [3.8, 4) is 5.69 Å². The monoisotopic (exact) mass is 321 g/mol. The lowest BCUT2D eigenvalue weighted by Crippen LogP contribution is -2.23. The van der Waals surface area contributed by atoms with Gasteiger partial charge in [-0.3, -0.25) is 4.57 Å². The molecule has 4 rings (SSSR count). The number of anilines is 2. The Kier molecular flexibility index (Phi) is 3.60. The molecule has 7 heteroatoms. The average Bonchev–Trinajstić information content (AvgIpc) is 3.11. The number of hydrogen-bond donors (Lipinski definition) is 2. The van der Waals surface area contributed by atoms with Gasteiger partial charge in [0.25, 0.3) is 0 Å². The van der Waals surface area contributed by atoms with Crippen LogP contribution in [-0.4, -0.2) is 24.7 Å². The van der Waals surface area contributed by atoms with E-state index in [2.05, 4.69) is 56.8 Å². The largest absolute Gasteiger partial charge is 0.358 e. The predicted molar refractivity (Wildman–Crippen MR) is 92.1 cm³/mol. The van der Waals surface area contributed by atoms with Crippen LogP contribution in [0.15, 0.2) is 42.9 Å². The van der Waals surface area contributed by atoms with E-state index in [0.717, 1.165) is 23.8 Å². The van der Waals surface area contributed by atoms with Crippen LogP contribution in [0.25, 0.3) is 5.69 Å². The fourth-order valence-electron chi connectivity index (χ4n) is 2.93. The molecule has 0 spiro atoms. The topological polar surface area (TPSA) is 80.5 Å². The van der Waals surface area contributed by atoms with Crippen LogP contribution in [0.4, 0.5) is 11.8 Å². The molecule has 0 amide bonds. The van der Waals surface area contributed by atoms with Crippen LogP contribution >= 0.6 is 0 Å². The van der Waals surface area contributed by atoms with E-state index in [4.69, 9.17) is 0 Å². The fraction of sp³-hybridized carbons (Fsp3) is 0.294. The zero-order valence-electron chi connectivity index (χ0n) is 13.6.